The Balaban J connectivity index is 1.64. The second-order valence-corrected chi connectivity index (χ2v) is 6.07. The first-order valence-electron chi connectivity index (χ1n) is 7.07. The van der Waals surface area contributed by atoms with Gasteiger partial charge in [0.2, 0.25) is 0 Å². The van der Waals surface area contributed by atoms with Crippen molar-refractivity contribution < 1.29 is 4.74 Å². The predicted octanol–water partition coefficient (Wildman–Crippen LogP) is 3.62. The van der Waals surface area contributed by atoms with Crippen molar-refractivity contribution in [1.82, 2.24) is 5.32 Å². The van der Waals surface area contributed by atoms with Crippen molar-refractivity contribution in [2.24, 2.45) is 5.41 Å². The number of para-hydroxylation sites is 1. The van der Waals surface area contributed by atoms with E-state index in [2.05, 4.69) is 19.2 Å². The van der Waals surface area contributed by atoms with Crippen LogP contribution in [0, 0.1) is 5.41 Å². The third kappa shape index (κ3) is 4.34. The van der Waals surface area contributed by atoms with Crippen LogP contribution < -0.4 is 10.1 Å². The maximum Gasteiger partial charge on any atom is 0.119 e. The number of hydrogen-bond acceptors (Lipinski definition) is 2. The van der Waals surface area contributed by atoms with Gasteiger partial charge in [0.25, 0.3) is 0 Å². The van der Waals surface area contributed by atoms with Gasteiger partial charge in [0.1, 0.15) is 12.4 Å². The number of ether oxygens (including phenoxy) is 1. The molecule has 0 amide bonds. The van der Waals surface area contributed by atoms with E-state index in [0.717, 1.165) is 18.9 Å². The standard InChI is InChI=1S/C16H25NO/c1-16(2)10-6-7-14(13-16)17-11-12-18-15-8-4-3-5-9-15/h3-5,8-9,14,17H,6-7,10-13H2,1-2H3. The fourth-order valence-corrected chi connectivity index (χ4v) is 2.82. The summed E-state index contributed by atoms with van der Waals surface area (Å²) in [5, 5.41) is 3.62. The Kier molecular flexibility index (Phi) is 4.65. The molecule has 0 bridgehead atoms. The lowest BCUT2D eigenvalue weighted by Gasteiger charge is -2.35. The molecule has 2 nitrogen and oxygen atoms in total. The molecule has 1 aliphatic carbocycles. The largest absolute Gasteiger partial charge is 0.492 e. The van der Waals surface area contributed by atoms with E-state index in [1.807, 2.05) is 30.3 Å². The molecule has 1 unspecified atom stereocenters. The molecule has 2 heteroatoms. The summed E-state index contributed by atoms with van der Waals surface area (Å²) in [4.78, 5) is 0. The number of hydrogen-bond donors (Lipinski definition) is 1. The van der Waals surface area contributed by atoms with Gasteiger partial charge in [-0.15, -0.1) is 0 Å². The summed E-state index contributed by atoms with van der Waals surface area (Å²) in [6.45, 7) is 6.44. The van der Waals surface area contributed by atoms with Crippen molar-refractivity contribution in [3.63, 3.8) is 0 Å². The summed E-state index contributed by atoms with van der Waals surface area (Å²) in [6.07, 6.45) is 5.32. The first-order valence-corrected chi connectivity index (χ1v) is 7.07. The summed E-state index contributed by atoms with van der Waals surface area (Å²) in [7, 11) is 0. The molecule has 0 saturated heterocycles. The monoisotopic (exact) mass is 247 g/mol. The fourth-order valence-electron chi connectivity index (χ4n) is 2.82. The number of nitrogens with one attached hydrogen (secondary N) is 1. The lowest BCUT2D eigenvalue weighted by atomic mass is 9.75. The quantitative estimate of drug-likeness (QED) is 0.802. The van der Waals surface area contributed by atoms with Gasteiger partial charge in [-0.1, -0.05) is 38.5 Å². The van der Waals surface area contributed by atoms with Crippen LogP contribution in [0.3, 0.4) is 0 Å². The van der Waals surface area contributed by atoms with Gasteiger partial charge >= 0.3 is 0 Å². The highest BCUT2D eigenvalue weighted by molar-refractivity contribution is 5.20. The van der Waals surface area contributed by atoms with E-state index < -0.39 is 0 Å². The van der Waals surface area contributed by atoms with E-state index in [-0.39, 0.29) is 0 Å². The highest BCUT2D eigenvalue weighted by Crippen LogP contribution is 2.34. The zero-order chi connectivity index (χ0) is 12.8. The Morgan fingerprint density at radius 2 is 2.06 bits per heavy atom. The zero-order valence-corrected chi connectivity index (χ0v) is 11.6. The predicted molar refractivity (Wildman–Crippen MR) is 76.0 cm³/mol. The molecular weight excluding hydrogens is 222 g/mol. The number of benzene rings is 1. The lowest BCUT2D eigenvalue weighted by Crippen LogP contribution is -2.39. The Labute approximate surface area is 111 Å². The summed E-state index contributed by atoms with van der Waals surface area (Å²) >= 11 is 0. The van der Waals surface area contributed by atoms with E-state index >= 15 is 0 Å². The average molecular weight is 247 g/mol. The van der Waals surface area contributed by atoms with Crippen LogP contribution in [-0.4, -0.2) is 19.2 Å². The maximum atomic E-state index is 5.69. The zero-order valence-electron chi connectivity index (χ0n) is 11.6. The van der Waals surface area contributed by atoms with Crippen LogP contribution in [0.1, 0.15) is 39.5 Å². The Morgan fingerprint density at radius 3 is 2.78 bits per heavy atom. The minimum absolute atomic E-state index is 0.510. The van der Waals surface area contributed by atoms with Crippen molar-refractivity contribution in [3.05, 3.63) is 30.3 Å². The highest BCUT2D eigenvalue weighted by Gasteiger charge is 2.27. The van der Waals surface area contributed by atoms with Crippen LogP contribution in [-0.2, 0) is 0 Å². The molecule has 0 radical (unpaired) electrons. The topological polar surface area (TPSA) is 21.3 Å². The third-order valence-corrected chi connectivity index (χ3v) is 3.75. The summed E-state index contributed by atoms with van der Waals surface area (Å²) in [5.41, 5.74) is 0.510. The van der Waals surface area contributed by atoms with Gasteiger partial charge in [-0.3, -0.25) is 0 Å². The van der Waals surface area contributed by atoms with Crippen molar-refractivity contribution in [3.8, 4) is 5.75 Å². The van der Waals surface area contributed by atoms with E-state index in [9.17, 15) is 0 Å². The van der Waals surface area contributed by atoms with Crippen molar-refractivity contribution >= 4 is 0 Å². The van der Waals surface area contributed by atoms with E-state index in [4.69, 9.17) is 4.74 Å². The minimum atomic E-state index is 0.510. The molecule has 1 atom stereocenters. The van der Waals surface area contributed by atoms with Crippen LogP contribution in [0.15, 0.2) is 30.3 Å². The Bertz CT molecular complexity index is 347. The molecule has 1 fully saturated rings. The maximum absolute atomic E-state index is 5.69. The van der Waals surface area contributed by atoms with Gasteiger partial charge in [0.05, 0.1) is 0 Å². The molecule has 2 rings (SSSR count). The van der Waals surface area contributed by atoms with Gasteiger partial charge in [0.15, 0.2) is 0 Å². The van der Waals surface area contributed by atoms with Crippen LogP contribution in [0.2, 0.25) is 0 Å². The molecule has 1 aromatic rings. The van der Waals surface area contributed by atoms with Crippen molar-refractivity contribution in [2.75, 3.05) is 13.2 Å². The first-order chi connectivity index (χ1) is 8.66. The molecule has 18 heavy (non-hydrogen) atoms. The molecular formula is C16H25NO. The first kappa shape index (κ1) is 13.4. The Morgan fingerprint density at radius 1 is 1.28 bits per heavy atom. The van der Waals surface area contributed by atoms with Crippen LogP contribution >= 0.6 is 0 Å². The molecule has 100 valence electrons. The molecule has 0 heterocycles. The molecule has 1 saturated carbocycles. The lowest BCUT2D eigenvalue weighted by molar-refractivity contribution is 0.192. The minimum Gasteiger partial charge on any atom is -0.492 e. The van der Waals surface area contributed by atoms with Crippen LogP contribution in [0.4, 0.5) is 0 Å². The molecule has 1 aliphatic rings. The highest BCUT2D eigenvalue weighted by atomic mass is 16.5. The van der Waals surface area contributed by atoms with Crippen molar-refractivity contribution in [2.45, 2.75) is 45.6 Å². The fraction of sp³-hybridized carbons (Fsp3) is 0.625. The average Bonchev–Trinajstić information content (AvgIpc) is 2.35. The molecule has 0 aromatic heterocycles. The Hall–Kier alpha value is -1.02. The van der Waals surface area contributed by atoms with Gasteiger partial charge in [-0.2, -0.15) is 0 Å². The SMILES string of the molecule is CC1(C)CCCC(NCCOc2ccccc2)C1. The smallest absolute Gasteiger partial charge is 0.119 e. The van der Waals surface area contributed by atoms with Gasteiger partial charge in [-0.25, -0.2) is 0 Å². The van der Waals surface area contributed by atoms with E-state index in [0.29, 0.717) is 11.5 Å². The van der Waals surface area contributed by atoms with Gasteiger partial charge in [0, 0.05) is 12.6 Å². The van der Waals surface area contributed by atoms with Gasteiger partial charge < -0.3 is 10.1 Å². The third-order valence-electron chi connectivity index (χ3n) is 3.75. The normalized spacial score (nSPS) is 22.7. The molecule has 1 N–H and O–H groups in total. The molecule has 0 spiro atoms. The summed E-state index contributed by atoms with van der Waals surface area (Å²) in [6, 6.07) is 10.7. The van der Waals surface area contributed by atoms with Crippen LogP contribution in [0.5, 0.6) is 5.75 Å². The second kappa shape index (κ2) is 6.24. The van der Waals surface area contributed by atoms with Crippen LogP contribution in [0.25, 0.3) is 0 Å². The van der Waals surface area contributed by atoms with Crippen molar-refractivity contribution in [1.29, 1.82) is 0 Å². The van der Waals surface area contributed by atoms with E-state index in [1.165, 1.54) is 25.7 Å². The van der Waals surface area contributed by atoms with Gasteiger partial charge in [-0.05, 0) is 36.8 Å². The second-order valence-electron chi connectivity index (χ2n) is 6.07. The van der Waals surface area contributed by atoms with E-state index in [1.54, 1.807) is 0 Å². The number of rotatable bonds is 5. The molecule has 0 aliphatic heterocycles. The molecule has 1 aromatic carbocycles. The summed E-state index contributed by atoms with van der Waals surface area (Å²) in [5.74, 6) is 0.961. The summed E-state index contributed by atoms with van der Waals surface area (Å²) < 4.78 is 5.69.